The monoisotopic (exact) mass is 458 g/mol. The van der Waals surface area contributed by atoms with Crippen LogP contribution in [0.5, 0.6) is 0 Å². The fourth-order valence-corrected chi connectivity index (χ4v) is 3.31. The molecule has 0 saturated carbocycles. The van der Waals surface area contributed by atoms with E-state index in [1.807, 2.05) is 19.9 Å². The van der Waals surface area contributed by atoms with Gasteiger partial charge in [-0.3, -0.25) is 9.59 Å². The molecule has 7 nitrogen and oxygen atoms in total. The number of halogens is 1. The molecule has 1 aromatic heterocycles. The van der Waals surface area contributed by atoms with Gasteiger partial charge >= 0.3 is 0 Å². The molecule has 0 bridgehead atoms. The number of carbonyl (C=O) groups excluding carboxylic acids is 2. The van der Waals surface area contributed by atoms with E-state index in [0.717, 1.165) is 29.3 Å². The maximum atomic E-state index is 12.3. The topological polar surface area (TPSA) is 97.1 Å². The third-order valence-corrected chi connectivity index (χ3v) is 5.56. The molecule has 9 heteroatoms. The summed E-state index contributed by atoms with van der Waals surface area (Å²) in [4.78, 5) is 24.4. The highest BCUT2D eigenvalue weighted by atomic mass is 35.5. The zero-order valence-electron chi connectivity index (χ0n) is 17.2. The molecule has 2 aromatic carbocycles. The Bertz CT molecular complexity index is 1040. The highest BCUT2D eigenvalue weighted by Crippen LogP contribution is 2.24. The van der Waals surface area contributed by atoms with Crippen LogP contribution in [0.3, 0.4) is 0 Å². The molecule has 1 unspecified atom stereocenters. The molecule has 1 heterocycles. The van der Waals surface area contributed by atoms with Gasteiger partial charge in [-0.25, -0.2) is 0 Å². The summed E-state index contributed by atoms with van der Waals surface area (Å²) < 4.78 is 5.58. The number of aromatic nitrogens is 2. The quantitative estimate of drug-likeness (QED) is 0.463. The van der Waals surface area contributed by atoms with Gasteiger partial charge in [-0.1, -0.05) is 42.4 Å². The first-order valence-corrected chi connectivity index (χ1v) is 11.2. The lowest BCUT2D eigenvalue weighted by Gasteiger charge is -2.12. The van der Waals surface area contributed by atoms with Crippen LogP contribution in [0.15, 0.2) is 58.2 Å². The number of benzene rings is 2. The van der Waals surface area contributed by atoms with Gasteiger partial charge in [-0.15, -0.1) is 10.2 Å². The van der Waals surface area contributed by atoms with Crippen LogP contribution < -0.4 is 10.6 Å². The number of hydrogen-bond acceptors (Lipinski definition) is 6. The molecule has 1 atom stereocenters. The summed E-state index contributed by atoms with van der Waals surface area (Å²) in [5, 5.41) is 14.6. The minimum absolute atomic E-state index is 0.109. The fraction of sp³-hybridized carbons (Fsp3) is 0.273. The van der Waals surface area contributed by atoms with E-state index in [1.54, 1.807) is 42.5 Å². The van der Waals surface area contributed by atoms with E-state index in [2.05, 4.69) is 20.8 Å². The molecule has 0 fully saturated rings. The number of amides is 2. The van der Waals surface area contributed by atoms with E-state index in [0.29, 0.717) is 28.2 Å². The van der Waals surface area contributed by atoms with Gasteiger partial charge in [-0.2, -0.15) is 0 Å². The number of nitrogens with one attached hydrogen (secondary N) is 2. The predicted octanol–water partition coefficient (Wildman–Crippen LogP) is 4.33. The van der Waals surface area contributed by atoms with E-state index < -0.39 is 0 Å². The van der Waals surface area contributed by atoms with Crippen molar-refractivity contribution in [2.75, 3.05) is 5.75 Å². The second-order valence-corrected chi connectivity index (χ2v) is 8.29. The van der Waals surface area contributed by atoms with Crippen LogP contribution in [0.2, 0.25) is 5.02 Å². The summed E-state index contributed by atoms with van der Waals surface area (Å²) in [6.45, 7) is 4.30. The van der Waals surface area contributed by atoms with E-state index in [9.17, 15) is 9.59 Å². The Kier molecular flexibility index (Phi) is 8.08. The van der Waals surface area contributed by atoms with Crippen molar-refractivity contribution in [3.63, 3.8) is 0 Å². The van der Waals surface area contributed by atoms with Crippen LogP contribution in [-0.4, -0.2) is 33.8 Å². The van der Waals surface area contributed by atoms with E-state index in [1.165, 1.54) is 0 Å². The number of hydrogen-bond donors (Lipinski definition) is 2. The van der Waals surface area contributed by atoms with Crippen LogP contribution in [0.4, 0.5) is 0 Å². The van der Waals surface area contributed by atoms with Crippen molar-refractivity contribution in [3.05, 3.63) is 64.7 Å². The van der Waals surface area contributed by atoms with Crippen molar-refractivity contribution >= 4 is 35.2 Å². The first kappa shape index (κ1) is 22.8. The summed E-state index contributed by atoms with van der Waals surface area (Å²) in [5.74, 6) is 0.208. The molecule has 31 heavy (non-hydrogen) atoms. The SMILES string of the molecule is CCC(C)NC(=O)c1cccc(CNC(=O)CSc2nnc(-c3ccc(Cl)cc3)o2)c1. The average Bonchev–Trinajstić information content (AvgIpc) is 3.26. The van der Waals surface area contributed by atoms with Crippen molar-refractivity contribution < 1.29 is 14.0 Å². The van der Waals surface area contributed by atoms with Crippen LogP contribution >= 0.6 is 23.4 Å². The Morgan fingerprint density at radius 2 is 1.94 bits per heavy atom. The molecule has 3 rings (SSSR count). The van der Waals surface area contributed by atoms with Gasteiger partial charge < -0.3 is 15.1 Å². The Balaban J connectivity index is 1.48. The van der Waals surface area contributed by atoms with Crippen molar-refractivity contribution in [3.8, 4) is 11.5 Å². The summed E-state index contributed by atoms with van der Waals surface area (Å²) in [6, 6.07) is 14.4. The Hall–Kier alpha value is -2.84. The molecule has 0 spiro atoms. The average molecular weight is 459 g/mol. The number of thioether (sulfide) groups is 1. The molecule has 0 aliphatic heterocycles. The Morgan fingerprint density at radius 1 is 1.16 bits per heavy atom. The minimum atomic E-state index is -0.175. The van der Waals surface area contributed by atoms with E-state index in [-0.39, 0.29) is 23.6 Å². The molecule has 0 aliphatic rings. The Labute approximate surface area is 190 Å². The minimum Gasteiger partial charge on any atom is -0.411 e. The van der Waals surface area contributed by atoms with Gasteiger partial charge in [0.1, 0.15) is 0 Å². The van der Waals surface area contributed by atoms with Crippen LogP contribution in [0.1, 0.15) is 36.2 Å². The standard InChI is InChI=1S/C22H23ClN4O3S/c1-3-14(2)25-20(29)17-6-4-5-15(11-17)12-24-19(28)13-31-22-27-26-21(30-22)16-7-9-18(23)10-8-16/h4-11,14H,3,12-13H2,1-2H3,(H,24,28)(H,25,29). The molecule has 3 aromatic rings. The summed E-state index contributed by atoms with van der Waals surface area (Å²) >= 11 is 7.03. The molecular formula is C22H23ClN4O3S. The maximum Gasteiger partial charge on any atom is 0.277 e. The van der Waals surface area contributed by atoms with Crippen molar-refractivity contribution in [1.29, 1.82) is 0 Å². The second-order valence-electron chi connectivity index (χ2n) is 6.93. The number of nitrogens with zero attached hydrogens (tertiary/aromatic N) is 2. The van der Waals surface area contributed by atoms with Crippen LogP contribution in [-0.2, 0) is 11.3 Å². The molecule has 2 amide bonds. The van der Waals surface area contributed by atoms with Gasteiger partial charge in [-0.05, 0) is 55.3 Å². The normalized spacial score (nSPS) is 11.7. The van der Waals surface area contributed by atoms with Crippen LogP contribution in [0.25, 0.3) is 11.5 Å². The molecule has 0 aliphatic carbocycles. The second kappa shape index (κ2) is 11.0. The smallest absolute Gasteiger partial charge is 0.277 e. The lowest BCUT2D eigenvalue weighted by atomic mass is 10.1. The van der Waals surface area contributed by atoms with E-state index in [4.69, 9.17) is 16.0 Å². The zero-order chi connectivity index (χ0) is 22.2. The molecule has 0 radical (unpaired) electrons. The largest absolute Gasteiger partial charge is 0.411 e. The fourth-order valence-electron chi connectivity index (χ4n) is 2.59. The summed E-state index contributed by atoms with van der Waals surface area (Å²) in [6.07, 6.45) is 0.862. The number of carbonyl (C=O) groups is 2. The maximum absolute atomic E-state index is 12.3. The zero-order valence-corrected chi connectivity index (χ0v) is 18.8. The van der Waals surface area contributed by atoms with Crippen LogP contribution in [0, 0.1) is 0 Å². The predicted molar refractivity (Wildman–Crippen MR) is 121 cm³/mol. The van der Waals surface area contributed by atoms with Gasteiger partial charge in [0.25, 0.3) is 11.1 Å². The lowest BCUT2D eigenvalue weighted by Crippen LogP contribution is -2.32. The van der Waals surface area contributed by atoms with E-state index >= 15 is 0 Å². The first-order valence-electron chi connectivity index (χ1n) is 9.83. The van der Waals surface area contributed by atoms with Crippen molar-refractivity contribution in [1.82, 2.24) is 20.8 Å². The Morgan fingerprint density at radius 3 is 2.68 bits per heavy atom. The van der Waals surface area contributed by atoms with Gasteiger partial charge in [0.05, 0.1) is 5.75 Å². The molecule has 0 saturated heterocycles. The third-order valence-electron chi connectivity index (χ3n) is 4.49. The van der Waals surface area contributed by atoms with Gasteiger partial charge in [0.15, 0.2) is 0 Å². The summed E-state index contributed by atoms with van der Waals surface area (Å²) in [5.41, 5.74) is 2.17. The highest BCUT2D eigenvalue weighted by molar-refractivity contribution is 7.99. The number of rotatable bonds is 9. The van der Waals surface area contributed by atoms with Gasteiger partial charge in [0, 0.05) is 28.7 Å². The van der Waals surface area contributed by atoms with Gasteiger partial charge in [0.2, 0.25) is 11.8 Å². The first-order chi connectivity index (χ1) is 14.9. The third kappa shape index (κ3) is 6.83. The molecule has 162 valence electrons. The van der Waals surface area contributed by atoms with Crippen molar-refractivity contribution in [2.45, 2.75) is 38.1 Å². The highest BCUT2D eigenvalue weighted by Gasteiger charge is 2.12. The summed E-state index contributed by atoms with van der Waals surface area (Å²) in [7, 11) is 0. The van der Waals surface area contributed by atoms with Crippen molar-refractivity contribution in [2.24, 2.45) is 0 Å². The lowest BCUT2D eigenvalue weighted by molar-refractivity contribution is -0.118. The molecule has 2 N–H and O–H groups in total. The molecular weight excluding hydrogens is 436 g/mol.